The molecule has 138 valence electrons. The summed E-state index contributed by atoms with van der Waals surface area (Å²) in [5, 5.41) is 9.37. The first-order valence-corrected chi connectivity index (χ1v) is 8.81. The number of hydrogen-bond acceptors (Lipinski definition) is 3. The first kappa shape index (κ1) is 18.4. The standard InChI is InChI=1S/C21H22N4O2/c1-14(2)24-21(27)23-13-15-8-10-16(11-9-15)20(26)25-19-7-3-6-18-17(19)5-4-12-22-18/h3-12,14H,13H2,1-2H3,(H,25,26)(H2,23,24,27). The fourth-order valence-corrected chi connectivity index (χ4v) is 2.68. The number of nitrogens with zero attached hydrogens (tertiary/aromatic N) is 1. The molecule has 0 aliphatic heterocycles. The first-order chi connectivity index (χ1) is 13.0. The lowest BCUT2D eigenvalue weighted by molar-refractivity contribution is 0.102. The highest BCUT2D eigenvalue weighted by Crippen LogP contribution is 2.22. The normalized spacial score (nSPS) is 10.6. The largest absolute Gasteiger partial charge is 0.336 e. The summed E-state index contributed by atoms with van der Waals surface area (Å²) in [6.07, 6.45) is 1.72. The van der Waals surface area contributed by atoms with E-state index in [1.165, 1.54) is 0 Å². The van der Waals surface area contributed by atoms with Crippen molar-refractivity contribution in [3.63, 3.8) is 0 Å². The van der Waals surface area contributed by atoms with E-state index in [0.29, 0.717) is 12.1 Å². The second-order valence-electron chi connectivity index (χ2n) is 6.51. The molecule has 2 aromatic carbocycles. The van der Waals surface area contributed by atoms with E-state index in [4.69, 9.17) is 0 Å². The fraction of sp³-hybridized carbons (Fsp3) is 0.190. The number of amides is 3. The van der Waals surface area contributed by atoms with Gasteiger partial charge in [0.1, 0.15) is 0 Å². The van der Waals surface area contributed by atoms with Crippen LogP contribution in [0.5, 0.6) is 0 Å². The van der Waals surface area contributed by atoms with Crippen molar-refractivity contribution in [3.05, 3.63) is 71.9 Å². The van der Waals surface area contributed by atoms with Crippen LogP contribution < -0.4 is 16.0 Å². The van der Waals surface area contributed by atoms with E-state index >= 15 is 0 Å². The third-order valence-electron chi connectivity index (χ3n) is 3.98. The topological polar surface area (TPSA) is 83.1 Å². The molecular weight excluding hydrogens is 340 g/mol. The van der Waals surface area contributed by atoms with E-state index in [-0.39, 0.29) is 18.0 Å². The molecule has 3 aromatic rings. The van der Waals surface area contributed by atoms with Crippen molar-refractivity contribution in [1.29, 1.82) is 0 Å². The van der Waals surface area contributed by atoms with Crippen LogP contribution in [-0.2, 0) is 6.54 Å². The van der Waals surface area contributed by atoms with E-state index in [2.05, 4.69) is 20.9 Å². The van der Waals surface area contributed by atoms with Crippen molar-refractivity contribution in [2.24, 2.45) is 0 Å². The number of hydrogen-bond donors (Lipinski definition) is 3. The number of aromatic nitrogens is 1. The lowest BCUT2D eigenvalue weighted by Crippen LogP contribution is -2.39. The monoisotopic (exact) mass is 362 g/mol. The van der Waals surface area contributed by atoms with Crippen LogP contribution in [0.15, 0.2) is 60.8 Å². The molecule has 0 fully saturated rings. The number of anilines is 1. The predicted molar refractivity (Wildman–Crippen MR) is 107 cm³/mol. The zero-order valence-corrected chi connectivity index (χ0v) is 15.3. The molecule has 0 saturated carbocycles. The molecule has 0 radical (unpaired) electrons. The highest BCUT2D eigenvalue weighted by atomic mass is 16.2. The van der Waals surface area contributed by atoms with Crippen LogP contribution in [0, 0.1) is 0 Å². The third kappa shape index (κ3) is 4.82. The maximum atomic E-state index is 12.5. The number of urea groups is 1. The van der Waals surface area contributed by atoms with Gasteiger partial charge in [-0.1, -0.05) is 18.2 Å². The Balaban J connectivity index is 1.64. The Labute approximate surface area is 158 Å². The molecule has 27 heavy (non-hydrogen) atoms. The number of rotatable bonds is 5. The predicted octanol–water partition coefficient (Wildman–Crippen LogP) is 3.69. The zero-order chi connectivity index (χ0) is 19.2. The second-order valence-corrected chi connectivity index (χ2v) is 6.51. The minimum Gasteiger partial charge on any atom is -0.336 e. The summed E-state index contributed by atoms with van der Waals surface area (Å²) in [6.45, 7) is 4.20. The lowest BCUT2D eigenvalue weighted by atomic mass is 10.1. The summed E-state index contributed by atoms with van der Waals surface area (Å²) in [4.78, 5) is 28.5. The Morgan fingerprint density at radius 2 is 1.78 bits per heavy atom. The van der Waals surface area contributed by atoms with E-state index in [9.17, 15) is 9.59 Å². The number of carbonyl (C=O) groups excluding carboxylic acids is 2. The zero-order valence-electron chi connectivity index (χ0n) is 15.3. The lowest BCUT2D eigenvalue weighted by Gasteiger charge is -2.11. The number of fused-ring (bicyclic) bond motifs is 1. The number of nitrogens with one attached hydrogen (secondary N) is 3. The minimum absolute atomic E-state index is 0.0836. The van der Waals surface area contributed by atoms with E-state index in [1.54, 1.807) is 18.3 Å². The van der Waals surface area contributed by atoms with Crippen molar-refractivity contribution in [2.45, 2.75) is 26.4 Å². The third-order valence-corrected chi connectivity index (χ3v) is 3.98. The Morgan fingerprint density at radius 3 is 2.52 bits per heavy atom. The van der Waals surface area contributed by atoms with E-state index in [0.717, 1.165) is 22.2 Å². The van der Waals surface area contributed by atoms with Crippen LogP contribution in [0.4, 0.5) is 10.5 Å². The van der Waals surface area contributed by atoms with Gasteiger partial charge in [-0.3, -0.25) is 9.78 Å². The highest BCUT2D eigenvalue weighted by molar-refractivity contribution is 6.08. The van der Waals surface area contributed by atoms with Crippen LogP contribution in [0.1, 0.15) is 29.8 Å². The average Bonchev–Trinajstić information content (AvgIpc) is 2.66. The molecule has 0 aliphatic carbocycles. The molecule has 0 spiro atoms. The molecule has 3 N–H and O–H groups in total. The number of pyridine rings is 1. The molecule has 3 rings (SSSR count). The summed E-state index contributed by atoms with van der Waals surface area (Å²) in [7, 11) is 0. The minimum atomic E-state index is -0.212. The number of carbonyl (C=O) groups is 2. The van der Waals surface area contributed by atoms with Gasteiger partial charge < -0.3 is 16.0 Å². The van der Waals surface area contributed by atoms with Crippen molar-refractivity contribution >= 4 is 28.5 Å². The van der Waals surface area contributed by atoms with Crippen molar-refractivity contribution < 1.29 is 9.59 Å². The van der Waals surface area contributed by atoms with Gasteiger partial charge in [-0.2, -0.15) is 0 Å². The SMILES string of the molecule is CC(C)NC(=O)NCc1ccc(C(=O)Nc2cccc3ncccc23)cc1. The van der Waals surface area contributed by atoms with Gasteiger partial charge in [0.05, 0.1) is 11.2 Å². The van der Waals surface area contributed by atoms with Gasteiger partial charge in [0.2, 0.25) is 0 Å². The average molecular weight is 362 g/mol. The van der Waals surface area contributed by atoms with Gasteiger partial charge in [-0.15, -0.1) is 0 Å². The first-order valence-electron chi connectivity index (χ1n) is 8.81. The molecular formula is C21H22N4O2. The van der Waals surface area contributed by atoms with Crippen LogP contribution >= 0.6 is 0 Å². The second kappa shape index (κ2) is 8.31. The molecule has 0 bridgehead atoms. The molecule has 1 heterocycles. The van der Waals surface area contributed by atoms with Gasteiger partial charge >= 0.3 is 6.03 Å². The number of benzene rings is 2. The van der Waals surface area contributed by atoms with Crippen LogP contribution in [-0.4, -0.2) is 23.0 Å². The van der Waals surface area contributed by atoms with Gasteiger partial charge in [-0.25, -0.2) is 4.79 Å². The molecule has 0 aliphatic rings. The Bertz CT molecular complexity index is 947. The maximum Gasteiger partial charge on any atom is 0.315 e. The van der Waals surface area contributed by atoms with E-state index < -0.39 is 0 Å². The van der Waals surface area contributed by atoms with Crippen LogP contribution in [0.3, 0.4) is 0 Å². The molecule has 0 saturated heterocycles. The Kier molecular flexibility index (Phi) is 5.66. The smallest absolute Gasteiger partial charge is 0.315 e. The van der Waals surface area contributed by atoms with Gasteiger partial charge in [0.15, 0.2) is 0 Å². The molecule has 1 aromatic heterocycles. The van der Waals surface area contributed by atoms with Crippen molar-refractivity contribution in [1.82, 2.24) is 15.6 Å². The maximum absolute atomic E-state index is 12.5. The fourth-order valence-electron chi connectivity index (χ4n) is 2.68. The summed E-state index contributed by atoms with van der Waals surface area (Å²) < 4.78 is 0. The van der Waals surface area contributed by atoms with Crippen molar-refractivity contribution in [3.8, 4) is 0 Å². The Morgan fingerprint density at radius 1 is 1.00 bits per heavy atom. The highest BCUT2D eigenvalue weighted by Gasteiger charge is 2.09. The van der Waals surface area contributed by atoms with Gasteiger partial charge in [0, 0.05) is 29.7 Å². The van der Waals surface area contributed by atoms with Crippen LogP contribution in [0.2, 0.25) is 0 Å². The Hall–Kier alpha value is -3.41. The molecule has 6 heteroatoms. The van der Waals surface area contributed by atoms with Crippen molar-refractivity contribution in [2.75, 3.05) is 5.32 Å². The molecule has 0 unspecified atom stereocenters. The van der Waals surface area contributed by atoms with E-state index in [1.807, 2.05) is 56.3 Å². The molecule has 0 atom stereocenters. The molecule has 6 nitrogen and oxygen atoms in total. The van der Waals surface area contributed by atoms with Gasteiger partial charge in [0.25, 0.3) is 5.91 Å². The van der Waals surface area contributed by atoms with Gasteiger partial charge in [-0.05, 0) is 55.8 Å². The summed E-state index contributed by atoms with van der Waals surface area (Å²) in [5.41, 5.74) is 3.02. The molecule has 3 amide bonds. The summed E-state index contributed by atoms with van der Waals surface area (Å²) >= 11 is 0. The summed E-state index contributed by atoms with van der Waals surface area (Å²) in [5.74, 6) is -0.191. The quantitative estimate of drug-likeness (QED) is 0.647. The van der Waals surface area contributed by atoms with Crippen LogP contribution in [0.25, 0.3) is 10.9 Å². The summed E-state index contributed by atoms with van der Waals surface area (Å²) in [6, 6.07) is 16.4.